The van der Waals surface area contributed by atoms with E-state index < -0.39 is 5.82 Å². The molecule has 0 aliphatic carbocycles. The van der Waals surface area contributed by atoms with E-state index in [1.165, 1.54) is 11.8 Å². The molecule has 1 unspecified atom stereocenters. The molecule has 2 N–H and O–H groups in total. The molecule has 1 aromatic heterocycles. The first-order valence-corrected chi connectivity index (χ1v) is 8.57. The molecule has 0 saturated carbocycles. The second-order valence-corrected chi connectivity index (χ2v) is 6.63. The number of hydrogen-bond acceptors (Lipinski definition) is 6. The maximum absolute atomic E-state index is 14.2. The van der Waals surface area contributed by atoms with Crippen molar-refractivity contribution in [1.82, 2.24) is 15.3 Å². The second-order valence-electron chi connectivity index (χ2n) is 6.63. The summed E-state index contributed by atoms with van der Waals surface area (Å²) in [4.78, 5) is 15.0. The van der Waals surface area contributed by atoms with Gasteiger partial charge in [-0.15, -0.1) is 0 Å². The van der Waals surface area contributed by atoms with E-state index in [-0.39, 0.29) is 5.82 Å². The van der Waals surface area contributed by atoms with Gasteiger partial charge in [0.05, 0.1) is 12.7 Å². The average molecular weight is 340 g/mol. The first kappa shape index (κ1) is 16.0. The van der Waals surface area contributed by atoms with Crippen molar-refractivity contribution in [2.24, 2.45) is 10.9 Å². The third-order valence-corrected chi connectivity index (χ3v) is 4.50. The zero-order valence-corrected chi connectivity index (χ0v) is 14.2. The third-order valence-electron chi connectivity index (χ3n) is 4.50. The van der Waals surface area contributed by atoms with Crippen molar-refractivity contribution in [1.29, 1.82) is 0 Å². The Morgan fingerprint density at radius 3 is 3.20 bits per heavy atom. The van der Waals surface area contributed by atoms with Gasteiger partial charge in [0.2, 0.25) is 5.95 Å². The molecule has 2 aliphatic rings. The van der Waals surface area contributed by atoms with E-state index in [1.807, 2.05) is 24.4 Å². The van der Waals surface area contributed by atoms with Gasteiger partial charge in [-0.05, 0) is 35.7 Å². The van der Waals surface area contributed by atoms with Gasteiger partial charge < -0.3 is 15.5 Å². The highest BCUT2D eigenvalue weighted by Gasteiger charge is 2.18. The summed E-state index contributed by atoms with van der Waals surface area (Å²) < 4.78 is 14.2. The van der Waals surface area contributed by atoms with Crippen LogP contribution in [-0.2, 0) is 6.54 Å². The summed E-state index contributed by atoms with van der Waals surface area (Å²) in [6.07, 6.45) is 3.08. The van der Waals surface area contributed by atoms with Crippen molar-refractivity contribution in [3.63, 3.8) is 0 Å². The standard InChI is InChI=1S/C18H21FN6/c1-12-7-20-4-5-25(11-12)18-22-10-16(19)17(24-18)23-15-3-2-13-8-21-9-14(13)6-15/h2-3,6,9-10,12,20H,4-5,7-8,11H2,1H3,(H,22,23,24). The van der Waals surface area contributed by atoms with E-state index in [2.05, 4.69) is 37.4 Å². The molecule has 0 amide bonds. The Bertz CT molecular complexity index is 806. The van der Waals surface area contributed by atoms with Crippen LogP contribution in [0.25, 0.3) is 0 Å². The molecule has 1 saturated heterocycles. The summed E-state index contributed by atoms with van der Waals surface area (Å²) in [5, 5.41) is 6.47. The Kier molecular flexibility index (Phi) is 4.31. The molecule has 25 heavy (non-hydrogen) atoms. The number of benzene rings is 1. The molecule has 1 atom stereocenters. The molecule has 0 bridgehead atoms. The minimum Gasteiger partial charge on any atom is -0.339 e. The molecule has 0 radical (unpaired) electrons. The van der Waals surface area contributed by atoms with E-state index in [0.717, 1.165) is 37.4 Å². The lowest BCUT2D eigenvalue weighted by atomic mass is 10.1. The van der Waals surface area contributed by atoms with Gasteiger partial charge in [0.15, 0.2) is 11.6 Å². The number of hydrogen-bond donors (Lipinski definition) is 2. The predicted molar refractivity (Wildman–Crippen MR) is 97.3 cm³/mol. The number of nitrogens with zero attached hydrogens (tertiary/aromatic N) is 4. The van der Waals surface area contributed by atoms with Crippen LogP contribution in [-0.4, -0.2) is 42.4 Å². The van der Waals surface area contributed by atoms with Gasteiger partial charge in [-0.3, -0.25) is 4.99 Å². The number of fused-ring (bicyclic) bond motifs is 1. The fourth-order valence-corrected chi connectivity index (χ4v) is 3.19. The van der Waals surface area contributed by atoms with Crippen molar-refractivity contribution in [3.8, 4) is 0 Å². The summed E-state index contributed by atoms with van der Waals surface area (Å²) in [5.41, 5.74) is 3.04. The molecule has 2 aromatic rings. The SMILES string of the molecule is CC1CNCCN(c2ncc(F)c(Nc3ccc4c(c3)C=NC4)n2)C1. The summed E-state index contributed by atoms with van der Waals surface area (Å²) in [7, 11) is 0. The van der Waals surface area contributed by atoms with E-state index >= 15 is 0 Å². The fourth-order valence-electron chi connectivity index (χ4n) is 3.19. The Morgan fingerprint density at radius 1 is 1.36 bits per heavy atom. The van der Waals surface area contributed by atoms with Crippen LogP contribution in [0.3, 0.4) is 0 Å². The maximum atomic E-state index is 14.2. The molecule has 1 fully saturated rings. The zero-order chi connectivity index (χ0) is 17.2. The fraction of sp³-hybridized carbons (Fsp3) is 0.389. The monoisotopic (exact) mass is 340 g/mol. The van der Waals surface area contributed by atoms with Crippen molar-refractivity contribution in [2.75, 3.05) is 36.4 Å². The van der Waals surface area contributed by atoms with Crippen LogP contribution in [0.1, 0.15) is 18.1 Å². The molecular weight excluding hydrogens is 319 g/mol. The molecule has 130 valence electrons. The number of rotatable bonds is 3. The topological polar surface area (TPSA) is 65.4 Å². The average Bonchev–Trinajstić information content (AvgIpc) is 2.96. The molecule has 0 spiro atoms. The van der Waals surface area contributed by atoms with Gasteiger partial charge in [-0.25, -0.2) is 9.37 Å². The van der Waals surface area contributed by atoms with E-state index in [4.69, 9.17) is 0 Å². The summed E-state index contributed by atoms with van der Waals surface area (Å²) in [6.45, 7) is 6.40. The lowest BCUT2D eigenvalue weighted by molar-refractivity contribution is 0.560. The molecule has 6 nitrogen and oxygen atoms in total. The third kappa shape index (κ3) is 3.46. The van der Waals surface area contributed by atoms with Crippen molar-refractivity contribution in [3.05, 3.63) is 41.3 Å². The number of nitrogens with one attached hydrogen (secondary N) is 2. The van der Waals surface area contributed by atoms with Crippen molar-refractivity contribution in [2.45, 2.75) is 13.5 Å². The van der Waals surface area contributed by atoms with Crippen LogP contribution < -0.4 is 15.5 Å². The number of aliphatic imine (C=N–C) groups is 1. The molecule has 4 rings (SSSR count). The lowest BCUT2D eigenvalue weighted by Crippen LogP contribution is -2.31. The molecule has 3 heterocycles. The minimum absolute atomic E-state index is 0.199. The minimum atomic E-state index is -0.459. The Labute approximate surface area is 146 Å². The van der Waals surface area contributed by atoms with E-state index in [0.29, 0.717) is 18.4 Å². The summed E-state index contributed by atoms with van der Waals surface area (Å²) in [6, 6.07) is 5.89. The van der Waals surface area contributed by atoms with Crippen LogP contribution in [0.2, 0.25) is 0 Å². The Balaban J connectivity index is 1.58. The number of anilines is 3. The largest absolute Gasteiger partial charge is 0.339 e. The van der Waals surface area contributed by atoms with Crippen LogP contribution in [0, 0.1) is 11.7 Å². The Morgan fingerprint density at radius 2 is 2.28 bits per heavy atom. The van der Waals surface area contributed by atoms with Gasteiger partial charge >= 0.3 is 0 Å². The number of aromatic nitrogens is 2. The van der Waals surface area contributed by atoms with Gasteiger partial charge in [0.1, 0.15) is 0 Å². The normalized spacial score (nSPS) is 19.6. The predicted octanol–water partition coefficient (Wildman–Crippen LogP) is 2.34. The van der Waals surface area contributed by atoms with Gasteiger partial charge in [0.25, 0.3) is 0 Å². The van der Waals surface area contributed by atoms with E-state index in [9.17, 15) is 4.39 Å². The Hall–Kier alpha value is -2.54. The zero-order valence-electron chi connectivity index (χ0n) is 14.2. The van der Waals surface area contributed by atoms with Crippen LogP contribution in [0.4, 0.5) is 21.8 Å². The van der Waals surface area contributed by atoms with Crippen LogP contribution in [0.15, 0.2) is 29.4 Å². The van der Waals surface area contributed by atoms with E-state index in [1.54, 1.807) is 0 Å². The highest BCUT2D eigenvalue weighted by molar-refractivity contribution is 5.86. The first-order valence-electron chi connectivity index (χ1n) is 8.57. The van der Waals surface area contributed by atoms with Gasteiger partial charge in [0, 0.05) is 31.5 Å². The molecule has 7 heteroatoms. The summed E-state index contributed by atoms with van der Waals surface area (Å²) >= 11 is 0. The smallest absolute Gasteiger partial charge is 0.227 e. The lowest BCUT2D eigenvalue weighted by Gasteiger charge is -2.22. The summed E-state index contributed by atoms with van der Waals surface area (Å²) in [5.74, 6) is 0.786. The van der Waals surface area contributed by atoms with Gasteiger partial charge in [-0.1, -0.05) is 13.0 Å². The second kappa shape index (κ2) is 6.76. The number of halogens is 1. The highest BCUT2D eigenvalue weighted by Crippen LogP contribution is 2.24. The van der Waals surface area contributed by atoms with Gasteiger partial charge in [-0.2, -0.15) is 4.98 Å². The molecule has 1 aromatic carbocycles. The van der Waals surface area contributed by atoms with Crippen LogP contribution in [0.5, 0.6) is 0 Å². The molecular formula is C18H21FN6. The maximum Gasteiger partial charge on any atom is 0.227 e. The van der Waals surface area contributed by atoms with Crippen molar-refractivity contribution < 1.29 is 4.39 Å². The van der Waals surface area contributed by atoms with Crippen molar-refractivity contribution >= 4 is 23.7 Å². The van der Waals surface area contributed by atoms with Crippen LogP contribution >= 0.6 is 0 Å². The highest BCUT2D eigenvalue weighted by atomic mass is 19.1. The first-order chi connectivity index (χ1) is 12.2. The molecule has 2 aliphatic heterocycles. The quantitative estimate of drug-likeness (QED) is 0.898.